The number of methoxy groups -OCH3 is 1. The van der Waals surface area contributed by atoms with E-state index >= 15 is 0 Å². The van der Waals surface area contributed by atoms with E-state index in [0.717, 1.165) is 27.4 Å². The number of esters is 1. The van der Waals surface area contributed by atoms with Gasteiger partial charge in [-0.25, -0.2) is 0 Å². The molecule has 7 heteroatoms. The molecule has 4 aromatic rings. The lowest BCUT2D eigenvalue weighted by Gasteiger charge is -2.04. The van der Waals surface area contributed by atoms with Crippen molar-refractivity contribution in [2.45, 2.75) is 13.0 Å². The molecule has 2 heterocycles. The SMILES string of the molecule is COC(=O)Cn1cc(/C=C(/C#N)C(=O)NCCc2c[nH]c3ccccc23)c2ccccc21. The van der Waals surface area contributed by atoms with Crippen LogP contribution < -0.4 is 5.32 Å². The minimum absolute atomic E-state index is 0.00453. The Labute approximate surface area is 184 Å². The first-order valence-electron chi connectivity index (χ1n) is 10.2. The number of nitrogens with zero attached hydrogens (tertiary/aromatic N) is 2. The largest absolute Gasteiger partial charge is 0.468 e. The van der Waals surface area contributed by atoms with Crippen molar-refractivity contribution in [3.8, 4) is 6.07 Å². The zero-order valence-electron chi connectivity index (χ0n) is 17.6. The molecule has 0 saturated heterocycles. The van der Waals surface area contributed by atoms with Crippen LogP contribution in [0.25, 0.3) is 27.9 Å². The van der Waals surface area contributed by atoms with Gasteiger partial charge in [-0.2, -0.15) is 5.26 Å². The Morgan fingerprint density at radius 2 is 1.91 bits per heavy atom. The van der Waals surface area contributed by atoms with Gasteiger partial charge in [-0.1, -0.05) is 36.4 Å². The molecule has 1 amide bonds. The van der Waals surface area contributed by atoms with Crippen molar-refractivity contribution >= 4 is 39.8 Å². The third-order valence-electron chi connectivity index (χ3n) is 5.37. The number of carbonyl (C=O) groups excluding carboxylic acids is 2. The van der Waals surface area contributed by atoms with E-state index < -0.39 is 5.91 Å². The Kier molecular flexibility index (Phi) is 6.04. The molecule has 0 aliphatic rings. The van der Waals surface area contributed by atoms with Crippen LogP contribution in [0.15, 0.2) is 66.5 Å². The number of benzene rings is 2. The number of hydrogen-bond acceptors (Lipinski definition) is 4. The second kappa shape index (κ2) is 9.23. The standard InChI is InChI=1S/C25H22N4O3/c1-32-24(30)16-29-15-19(21-7-3-5-9-23(21)29)12-18(13-26)25(31)27-11-10-17-14-28-22-8-4-2-6-20(17)22/h2-9,12,14-15,28H,10-11,16H2,1H3,(H,27,31)/b18-12-. The third-order valence-corrected chi connectivity index (χ3v) is 5.37. The summed E-state index contributed by atoms with van der Waals surface area (Å²) < 4.78 is 6.51. The van der Waals surface area contributed by atoms with Crippen molar-refractivity contribution in [3.63, 3.8) is 0 Å². The summed E-state index contributed by atoms with van der Waals surface area (Å²) in [5.74, 6) is -0.811. The number of nitriles is 1. The summed E-state index contributed by atoms with van der Waals surface area (Å²) in [5, 5.41) is 14.4. The van der Waals surface area contributed by atoms with E-state index in [0.29, 0.717) is 18.5 Å². The first-order chi connectivity index (χ1) is 15.6. The summed E-state index contributed by atoms with van der Waals surface area (Å²) in [5.41, 5.74) is 3.67. The van der Waals surface area contributed by atoms with Crippen LogP contribution in [0.1, 0.15) is 11.1 Å². The molecule has 160 valence electrons. The lowest BCUT2D eigenvalue weighted by Crippen LogP contribution is -2.26. The van der Waals surface area contributed by atoms with Crippen LogP contribution in [0.3, 0.4) is 0 Å². The maximum absolute atomic E-state index is 12.6. The highest BCUT2D eigenvalue weighted by molar-refractivity contribution is 6.04. The Morgan fingerprint density at radius 1 is 1.16 bits per heavy atom. The predicted molar refractivity (Wildman–Crippen MR) is 123 cm³/mol. The van der Waals surface area contributed by atoms with Crippen molar-refractivity contribution in [1.29, 1.82) is 5.26 Å². The van der Waals surface area contributed by atoms with Gasteiger partial charge in [0.2, 0.25) is 0 Å². The normalized spacial score (nSPS) is 11.4. The van der Waals surface area contributed by atoms with E-state index in [1.54, 1.807) is 16.8 Å². The highest BCUT2D eigenvalue weighted by Gasteiger charge is 2.14. The van der Waals surface area contributed by atoms with E-state index in [4.69, 9.17) is 4.74 Å². The number of amides is 1. The Bertz CT molecular complexity index is 1370. The van der Waals surface area contributed by atoms with Gasteiger partial charge in [0.05, 0.1) is 7.11 Å². The third kappa shape index (κ3) is 4.25. The molecule has 0 aliphatic heterocycles. The van der Waals surface area contributed by atoms with E-state index in [1.807, 2.05) is 60.8 Å². The fourth-order valence-corrected chi connectivity index (χ4v) is 3.77. The van der Waals surface area contributed by atoms with Gasteiger partial charge in [-0.3, -0.25) is 9.59 Å². The van der Waals surface area contributed by atoms with Crippen LogP contribution in [-0.4, -0.2) is 35.1 Å². The van der Waals surface area contributed by atoms with Crippen LogP contribution >= 0.6 is 0 Å². The molecule has 0 aliphatic carbocycles. The number of ether oxygens (including phenoxy) is 1. The fourth-order valence-electron chi connectivity index (χ4n) is 3.77. The number of para-hydroxylation sites is 2. The maximum atomic E-state index is 12.6. The van der Waals surface area contributed by atoms with Crippen molar-refractivity contribution < 1.29 is 14.3 Å². The summed E-state index contributed by atoms with van der Waals surface area (Å²) in [6.45, 7) is 0.452. The Balaban J connectivity index is 1.51. The summed E-state index contributed by atoms with van der Waals surface area (Å²) in [6.07, 6.45) is 5.89. The summed E-state index contributed by atoms with van der Waals surface area (Å²) in [4.78, 5) is 27.6. The fraction of sp³-hybridized carbons (Fsp3) is 0.160. The van der Waals surface area contributed by atoms with E-state index in [2.05, 4.69) is 10.3 Å². The molecule has 2 N–H and O–H groups in total. The average molecular weight is 426 g/mol. The van der Waals surface area contributed by atoms with Gasteiger partial charge in [-0.15, -0.1) is 0 Å². The molecular weight excluding hydrogens is 404 g/mol. The van der Waals surface area contributed by atoms with Gasteiger partial charge in [0.15, 0.2) is 0 Å². The van der Waals surface area contributed by atoms with Crippen LogP contribution in [0.2, 0.25) is 0 Å². The molecule has 2 aromatic heterocycles. The average Bonchev–Trinajstić information content (AvgIpc) is 3.39. The quantitative estimate of drug-likeness (QED) is 0.268. The molecule has 0 radical (unpaired) electrons. The van der Waals surface area contributed by atoms with E-state index in [1.165, 1.54) is 7.11 Å². The zero-order chi connectivity index (χ0) is 22.5. The van der Waals surface area contributed by atoms with Crippen LogP contribution in [0, 0.1) is 11.3 Å². The first-order valence-corrected chi connectivity index (χ1v) is 10.2. The number of aromatic amines is 1. The second-order valence-electron chi connectivity index (χ2n) is 7.34. The molecule has 0 atom stereocenters. The van der Waals surface area contributed by atoms with E-state index in [9.17, 15) is 14.9 Å². The molecule has 0 bridgehead atoms. The zero-order valence-corrected chi connectivity index (χ0v) is 17.6. The minimum Gasteiger partial charge on any atom is -0.468 e. The van der Waals surface area contributed by atoms with Crippen LogP contribution in [-0.2, 0) is 27.3 Å². The van der Waals surface area contributed by atoms with Crippen molar-refractivity contribution in [2.75, 3.05) is 13.7 Å². The monoisotopic (exact) mass is 426 g/mol. The first kappa shape index (κ1) is 20.9. The van der Waals surface area contributed by atoms with Crippen molar-refractivity contribution in [1.82, 2.24) is 14.9 Å². The molecule has 7 nitrogen and oxygen atoms in total. The molecule has 4 rings (SSSR count). The number of aromatic nitrogens is 2. The van der Waals surface area contributed by atoms with Gasteiger partial charge in [0.1, 0.15) is 18.2 Å². The van der Waals surface area contributed by atoms with Gasteiger partial charge < -0.3 is 19.6 Å². The smallest absolute Gasteiger partial charge is 0.325 e. The van der Waals surface area contributed by atoms with Gasteiger partial charge in [0.25, 0.3) is 5.91 Å². The summed E-state index contributed by atoms with van der Waals surface area (Å²) in [7, 11) is 1.34. The van der Waals surface area contributed by atoms with Crippen molar-refractivity contribution in [3.05, 3.63) is 77.6 Å². The lowest BCUT2D eigenvalue weighted by atomic mass is 10.1. The van der Waals surface area contributed by atoms with Gasteiger partial charge >= 0.3 is 5.97 Å². The van der Waals surface area contributed by atoms with E-state index in [-0.39, 0.29) is 18.1 Å². The summed E-state index contributed by atoms with van der Waals surface area (Å²) >= 11 is 0. The number of rotatable bonds is 7. The number of carbonyl (C=O) groups is 2. The Hall–Kier alpha value is -4.31. The number of hydrogen-bond donors (Lipinski definition) is 2. The van der Waals surface area contributed by atoms with Crippen LogP contribution in [0.5, 0.6) is 0 Å². The molecule has 0 unspecified atom stereocenters. The highest BCUT2D eigenvalue weighted by atomic mass is 16.5. The molecule has 0 fully saturated rings. The van der Waals surface area contributed by atoms with Crippen molar-refractivity contribution in [2.24, 2.45) is 0 Å². The predicted octanol–water partition coefficient (Wildman–Crippen LogP) is 3.56. The number of H-pyrrole nitrogens is 1. The maximum Gasteiger partial charge on any atom is 0.325 e. The minimum atomic E-state index is -0.433. The highest BCUT2D eigenvalue weighted by Crippen LogP contribution is 2.24. The second-order valence-corrected chi connectivity index (χ2v) is 7.34. The molecule has 2 aromatic carbocycles. The molecular formula is C25H22N4O3. The topological polar surface area (TPSA) is 99.9 Å². The molecule has 0 spiro atoms. The molecule has 32 heavy (non-hydrogen) atoms. The van der Waals surface area contributed by atoms with Gasteiger partial charge in [0, 0.05) is 46.3 Å². The number of nitrogens with one attached hydrogen (secondary N) is 2. The molecule has 0 saturated carbocycles. The lowest BCUT2D eigenvalue weighted by molar-refractivity contribution is -0.141. The number of fused-ring (bicyclic) bond motifs is 2. The van der Waals surface area contributed by atoms with Gasteiger partial charge in [-0.05, 0) is 30.2 Å². The van der Waals surface area contributed by atoms with Crippen LogP contribution in [0.4, 0.5) is 0 Å². The summed E-state index contributed by atoms with van der Waals surface area (Å²) in [6, 6.07) is 17.5. The Morgan fingerprint density at radius 3 is 2.69 bits per heavy atom.